The summed E-state index contributed by atoms with van der Waals surface area (Å²) in [5.74, 6) is 0.835. The van der Waals surface area contributed by atoms with E-state index in [2.05, 4.69) is 9.13 Å². The number of aromatic nitrogens is 2. The van der Waals surface area contributed by atoms with Gasteiger partial charge >= 0.3 is 5.97 Å². The fourth-order valence-electron chi connectivity index (χ4n) is 3.56. The largest absolute Gasteiger partial charge is 0.466 e. The zero-order valence-corrected chi connectivity index (χ0v) is 16.8. The van der Waals surface area contributed by atoms with Crippen molar-refractivity contribution in [3.05, 3.63) is 24.0 Å². The Labute approximate surface area is 165 Å². The quantitative estimate of drug-likeness (QED) is 0.350. The van der Waals surface area contributed by atoms with E-state index in [1.165, 1.54) is 0 Å². The molecule has 0 atom stereocenters. The first kappa shape index (κ1) is 22.1. The van der Waals surface area contributed by atoms with Gasteiger partial charge in [-0.1, -0.05) is 0 Å². The Kier molecular flexibility index (Phi) is 8.69. The maximum atomic E-state index is 11.6. The monoisotopic (exact) mass is 394 g/mol. The summed E-state index contributed by atoms with van der Waals surface area (Å²) in [5.41, 5.74) is 2.91. The molecule has 0 amide bonds. The molecule has 1 heterocycles. The summed E-state index contributed by atoms with van der Waals surface area (Å²) in [4.78, 5) is 13.5. The SMILES string of the molecule is CCOC(=O)CCCc1n(CCO)c2cc(N(CCO)CCO)ccc2[n+]1C. The van der Waals surface area contributed by atoms with Crippen LogP contribution < -0.4 is 9.47 Å². The molecule has 156 valence electrons. The van der Waals surface area contributed by atoms with Gasteiger partial charge in [0, 0.05) is 37.7 Å². The number of aliphatic hydroxyl groups excluding tert-OH is 3. The molecule has 1 aromatic heterocycles. The third-order valence-corrected chi connectivity index (χ3v) is 4.83. The van der Waals surface area contributed by atoms with E-state index in [0.717, 1.165) is 22.5 Å². The molecule has 8 nitrogen and oxygen atoms in total. The Hall–Kier alpha value is -2.16. The van der Waals surface area contributed by atoms with E-state index < -0.39 is 0 Å². The van der Waals surface area contributed by atoms with Crippen molar-refractivity contribution in [3.63, 3.8) is 0 Å². The van der Waals surface area contributed by atoms with Crippen LogP contribution in [0.5, 0.6) is 0 Å². The predicted octanol–water partition coefficient (Wildman–Crippen LogP) is 0.135. The topological polar surface area (TPSA) is 99.0 Å². The fraction of sp³-hybridized carbons (Fsp3) is 0.600. The van der Waals surface area contributed by atoms with Gasteiger partial charge in [0.05, 0.1) is 33.5 Å². The van der Waals surface area contributed by atoms with Crippen LogP contribution in [0.1, 0.15) is 25.6 Å². The molecule has 0 unspecified atom stereocenters. The third-order valence-electron chi connectivity index (χ3n) is 4.83. The number of aliphatic hydroxyl groups is 3. The number of esters is 1. The van der Waals surface area contributed by atoms with Gasteiger partial charge in [-0.2, -0.15) is 0 Å². The highest BCUT2D eigenvalue weighted by Gasteiger charge is 2.23. The Balaban J connectivity index is 2.35. The molecular weight excluding hydrogens is 362 g/mol. The molecule has 0 fully saturated rings. The number of aryl methyl sites for hydroxylation is 1. The molecule has 2 rings (SSSR count). The van der Waals surface area contributed by atoms with Crippen molar-refractivity contribution in [2.45, 2.75) is 32.7 Å². The number of anilines is 1. The zero-order chi connectivity index (χ0) is 20.5. The van der Waals surface area contributed by atoms with Crippen LogP contribution in [0, 0.1) is 0 Å². The van der Waals surface area contributed by atoms with Crippen molar-refractivity contribution in [1.82, 2.24) is 4.57 Å². The van der Waals surface area contributed by atoms with Crippen molar-refractivity contribution >= 4 is 22.7 Å². The first-order valence-corrected chi connectivity index (χ1v) is 9.81. The number of hydrogen-bond donors (Lipinski definition) is 3. The molecule has 0 aliphatic carbocycles. The van der Waals surface area contributed by atoms with Gasteiger partial charge in [0.25, 0.3) is 5.82 Å². The molecule has 0 bridgehead atoms. The highest BCUT2D eigenvalue weighted by molar-refractivity contribution is 5.78. The average molecular weight is 394 g/mol. The number of benzene rings is 1. The minimum absolute atomic E-state index is 0.00256. The first-order valence-electron chi connectivity index (χ1n) is 9.81. The van der Waals surface area contributed by atoms with Crippen LogP contribution in [0.3, 0.4) is 0 Å². The molecule has 1 aromatic carbocycles. The molecule has 28 heavy (non-hydrogen) atoms. The van der Waals surface area contributed by atoms with Crippen LogP contribution in [0.25, 0.3) is 11.0 Å². The van der Waals surface area contributed by atoms with Gasteiger partial charge in [0.1, 0.15) is 6.54 Å². The second-order valence-corrected chi connectivity index (χ2v) is 6.62. The smallest absolute Gasteiger partial charge is 0.305 e. The number of hydrogen-bond acceptors (Lipinski definition) is 6. The maximum absolute atomic E-state index is 11.6. The lowest BCUT2D eigenvalue weighted by atomic mass is 10.2. The third kappa shape index (κ3) is 5.21. The van der Waals surface area contributed by atoms with E-state index in [1.807, 2.05) is 30.1 Å². The van der Waals surface area contributed by atoms with Crippen LogP contribution in [0.4, 0.5) is 5.69 Å². The van der Waals surface area contributed by atoms with Gasteiger partial charge in [0.2, 0.25) is 0 Å². The highest BCUT2D eigenvalue weighted by atomic mass is 16.5. The van der Waals surface area contributed by atoms with E-state index >= 15 is 0 Å². The Morgan fingerprint density at radius 1 is 1.18 bits per heavy atom. The predicted molar refractivity (Wildman–Crippen MR) is 106 cm³/mol. The molecule has 0 aliphatic rings. The summed E-state index contributed by atoms with van der Waals surface area (Å²) < 4.78 is 9.15. The molecule has 0 radical (unpaired) electrons. The number of imidazole rings is 1. The number of carbonyl (C=O) groups is 1. The lowest BCUT2D eigenvalue weighted by Crippen LogP contribution is -2.33. The summed E-state index contributed by atoms with van der Waals surface area (Å²) in [7, 11) is 1.98. The Morgan fingerprint density at radius 3 is 2.50 bits per heavy atom. The highest BCUT2D eigenvalue weighted by Crippen LogP contribution is 2.23. The van der Waals surface area contributed by atoms with Crippen LogP contribution >= 0.6 is 0 Å². The molecular formula is C20H32N3O5+. The number of ether oxygens (including phenoxy) is 1. The van der Waals surface area contributed by atoms with Gasteiger partial charge in [-0.3, -0.25) is 4.79 Å². The number of carbonyl (C=O) groups excluding carboxylic acids is 1. The van der Waals surface area contributed by atoms with Crippen molar-refractivity contribution in [2.24, 2.45) is 7.05 Å². The van der Waals surface area contributed by atoms with Gasteiger partial charge < -0.3 is 25.0 Å². The number of nitrogens with zero attached hydrogens (tertiary/aromatic N) is 3. The average Bonchev–Trinajstić information content (AvgIpc) is 2.94. The van der Waals surface area contributed by atoms with E-state index in [9.17, 15) is 20.1 Å². The van der Waals surface area contributed by atoms with E-state index in [4.69, 9.17) is 4.74 Å². The molecule has 8 heteroatoms. The summed E-state index contributed by atoms with van der Waals surface area (Å²) in [6, 6.07) is 6.00. The number of rotatable bonds is 12. The van der Waals surface area contributed by atoms with Crippen molar-refractivity contribution in [3.8, 4) is 0 Å². The molecule has 3 N–H and O–H groups in total. The number of fused-ring (bicyclic) bond motifs is 1. The van der Waals surface area contributed by atoms with E-state index in [0.29, 0.717) is 45.5 Å². The van der Waals surface area contributed by atoms with Crippen molar-refractivity contribution in [2.75, 3.05) is 44.4 Å². The van der Waals surface area contributed by atoms with Crippen LogP contribution in [0.15, 0.2) is 18.2 Å². The van der Waals surface area contributed by atoms with Gasteiger partial charge in [-0.05, 0) is 25.5 Å². The van der Waals surface area contributed by atoms with Gasteiger partial charge in [0.15, 0.2) is 11.0 Å². The standard InChI is InChI=1S/C20H32N3O5/c1-3-28-20(27)6-4-5-19-21(2)17-8-7-16(22(9-12-24)10-13-25)15-18(17)23(19)11-14-26/h7-8,15,24-26H,3-6,9-14H2,1-2H3/q+1. The summed E-state index contributed by atoms with van der Waals surface area (Å²) in [5, 5.41) is 28.2. The molecule has 0 saturated heterocycles. The lowest BCUT2D eigenvalue weighted by molar-refractivity contribution is -0.654. The Bertz CT molecular complexity index is 769. The van der Waals surface area contributed by atoms with Crippen LogP contribution in [-0.4, -0.2) is 65.4 Å². The summed E-state index contributed by atoms with van der Waals surface area (Å²) in [6.45, 7) is 3.52. The molecule has 0 spiro atoms. The Morgan fingerprint density at radius 2 is 1.89 bits per heavy atom. The van der Waals surface area contributed by atoms with Crippen molar-refractivity contribution < 1.29 is 29.4 Å². The lowest BCUT2D eigenvalue weighted by Gasteiger charge is -2.22. The van der Waals surface area contributed by atoms with Gasteiger partial charge in [-0.25, -0.2) is 9.13 Å². The second kappa shape index (κ2) is 11.0. The first-order chi connectivity index (χ1) is 13.6. The van der Waals surface area contributed by atoms with Crippen LogP contribution in [0.2, 0.25) is 0 Å². The molecule has 0 aliphatic heterocycles. The normalized spacial score (nSPS) is 11.2. The second-order valence-electron chi connectivity index (χ2n) is 6.62. The van der Waals surface area contributed by atoms with E-state index in [-0.39, 0.29) is 25.8 Å². The van der Waals surface area contributed by atoms with Gasteiger partial charge in [-0.15, -0.1) is 0 Å². The van der Waals surface area contributed by atoms with Crippen LogP contribution in [-0.2, 0) is 29.5 Å². The zero-order valence-electron chi connectivity index (χ0n) is 16.8. The molecule has 2 aromatic rings. The summed E-state index contributed by atoms with van der Waals surface area (Å²) in [6.07, 6.45) is 1.72. The molecule has 0 saturated carbocycles. The summed E-state index contributed by atoms with van der Waals surface area (Å²) >= 11 is 0. The van der Waals surface area contributed by atoms with Crippen molar-refractivity contribution in [1.29, 1.82) is 0 Å². The van der Waals surface area contributed by atoms with E-state index in [1.54, 1.807) is 6.92 Å². The minimum atomic E-state index is -0.194. The maximum Gasteiger partial charge on any atom is 0.305 e. The fourth-order valence-corrected chi connectivity index (χ4v) is 3.56. The minimum Gasteiger partial charge on any atom is -0.466 e.